The van der Waals surface area contributed by atoms with Gasteiger partial charge in [0.15, 0.2) is 0 Å². The van der Waals surface area contributed by atoms with E-state index in [-0.39, 0.29) is 16.3 Å². The van der Waals surface area contributed by atoms with Gasteiger partial charge in [0.1, 0.15) is 0 Å². The van der Waals surface area contributed by atoms with Crippen molar-refractivity contribution in [1.82, 2.24) is 4.72 Å². The van der Waals surface area contributed by atoms with E-state index in [4.69, 9.17) is 9.88 Å². The molecule has 0 heterocycles. The van der Waals surface area contributed by atoms with Crippen molar-refractivity contribution < 1.29 is 21.6 Å². The molecule has 9 heteroatoms. The Morgan fingerprint density at radius 1 is 1.11 bits per heavy atom. The fraction of sp³-hybridized carbons (Fsp3) is 0.400. The molecule has 0 saturated carbocycles. The minimum Gasteiger partial charge on any atom is -0.385 e. The fourth-order valence-electron chi connectivity index (χ4n) is 1.31. The van der Waals surface area contributed by atoms with Crippen LogP contribution in [0.25, 0.3) is 0 Å². The van der Waals surface area contributed by atoms with Gasteiger partial charge in [-0.2, -0.15) is 0 Å². The van der Waals surface area contributed by atoms with Crippen LogP contribution in [0.4, 0.5) is 0 Å². The first-order valence-corrected chi connectivity index (χ1v) is 8.42. The zero-order valence-electron chi connectivity index (χ0n) is 10.4. The molecule has 0 spiro atoms. The van der Waals surface area contributed by atoms with Crippen LogP contribution in [0.5, 0.6) is 0 Å². The molecule has 1 aromatic rings. The number of nitrogens with two attached hydrogens (primary N) is 1. The number of ether oxygens (including phenoxy) is 1. The Balaban J connectivity index is 2.80. The molecule has 7 nitrogen and oxygen atoms in total. The summed E-state index contributed by atoms with van der Waals surface area (Å²) in [7, 11) is -5.94. The highest BCUT2D eigenvalue weighted by molar-refractivity contribution is 7.89. The molecule has 3 N–H and O–H groups in total. The van der Waals surface area contributed by atoms with Crippen molar-refractivity contribution in [3.63, 3.8) is 0 Å². The summed E-state index contributed by atoms with van der Waals surface area (Å²) >= 11 is 0. The van der Waals surface area contributed by atoms with Gasteiger partial charge in [-0.05, 0) is 30.7 Å². The molecular formula is C10H16N2O5S2. The van der Waals surface area contributed by atoms with Gasteiger partial charge in [-0.25, -0.2) is 26.7 Å². The predicted molar refractivity (Wildman–Crippen MR) is 69.5 cm³/mol. The maximum atomic E-state index is 11.8. The Morgan fingerprint density at radius 3 is 2.11 bits per heavy atom. The van der Waals surface area contributed by atoms with E-state index in [9.17, 15) is 16.8 Å². The van der Waals surface area contributed by atoms with Crippen molar-refractivity contribution in [2.75, 3.05) is 20.3 Å². The second-order valence-corrected chi connectivity index (χ2v) is 7.09. The fourth-order valence-corrected chi connectivity index (χ4v) is 2.90. The first-order chi connectivity index (χ1) is 8.77. The van der Waals surface area contributed by atoms with Crippen molar-refractivity contribution >= 4 is 20.0 Å². The summed E-state index contributed by atoms with van der Waals surface area (Å²) in [5, 5.41) is 4.92. The molecule has 0 aliphatic heterocycles. The van der Waals surface area contributed by atoms with E-state index in [1.165, 1.54) is 19.2 Å². The highest BCUT2D eigenvalue weighted by Gasteiger charge is 2.15. The maximum Gasteiger partial charge on any atom is 0.240 e. The van der Waals surface area contributed by atoms with E-state index in [1.807, 2.05) is 0 Å². The molecule has 0 fully saturated rings. The van der Waals surface area contributed by atoms with E-state index in [2.05, 4.69) is 4.72 Å². The topological polar surface area (TPSA) is 116 Å². The van der Waals surface area contributed by atoms with Gasteiger partial charge in [0.05, 0.1) is 9.79 Å². The number of methoxy groups -OCH3 is 1. The number of nitrogens with one attached hydrogen (secondary N) is 1. The Bertz CT molecular complexity index is 608. The van der Waals surface area contributed by atoms with E-state index in [0.29, 0.717) is 13.0 Å². The van der Waals surface area contributed by atoms with E-state index in [1.54, 1.807) is 0 Å². The first-order valence-electron chi connectivity index (χ1n) is 5.39. The zero-order valence-corrected chi connectivity index (χ0v) is 12.0. The van der Waals surface area contributed by atoms with Crippen molar-refractivity contribution in [2.24, 2.45) is 5.14 Å². The molecule has 0 radical (unpaired) electrons. The molecular weight excluding hydrogens is 292 g/mol. The summed E-state index contributed by atoms with van der Waals surface area (Å²) in [5.41, 5.74) is 0. The van der Waals surface area contributed by atoms with Crippen LogP contribution in [0, 0.1) is 0 Å². The molecule has 0 aromatic heterocycles. The lowest BCUT2D eigenvalue weighted by Crippen LogP contribution is -2.25. The minimum atomic E-state index is -3.82. The molecule has 0 saturated heterocycles. The summed E-state index contributed by atoms with van der Waals surface area (Å²) in [6.45, 7) is 0.694. The second kappa shape index (κ2) is 6.44. The second-order valence-electron chi connectivity index (χ2n) is 3.76. The third kappa shape index (κ3) is 4.88. The number of rotatable bonds is 7. The number of sulfonamides is 2. The molecule has 0 amide bonds. The number of primary sulfonamides is 1. The monoisotopic (exact) mass is 308 g/mol. The maximum absolute atomic E-state index is 11.8. The molecule has 0 aliphatic carbocycles. The van der Waals surface area contributed by atoms with Crippen LogP contribution in [0.2, 0.25) is 0 Å². The van der Waals surface area contributed by atoms with Crippen LogP contribution in [-0.2, 0) is 24.8 Å². The quantitative estimate of drug-likeness (QED) is 0.668. The Labute approximate surface area is 112 Å². The molecule has 1 aromatic carbocycles. The van der Waals surface area contributed by atoms with Gasteiger partial charge in [-0.15, -0.1) is 0 Å². The summed E-state index contributed by atoms with van der Waals surface area (Å²) < 4.78 is 52.9. The van der Waals surface area contributed by atoms with Crippen LogP contribution in [-0.4, -0.2) is 37.1 Å². The van der Waals surface area contributed by atoms with Crippen LogP contribution in [0.3, 0.4) is 0 Å². The SMILES string of the molecule is COCCCNS(=O)(=O)c1ccc(S(N)(=O)=O)cc1. The molecule has 1 rings (SSSR count). The lowest BCUT2D eigenvalue weighted by molar-refractivity contribution is 0.196. The van der Waals surface area contributed by atoms with Gasteiger partial charge in [-0.1, -0.05) is 0 Å². The molecule has 0 aliphatic rings. The number of hydrogen-bond donors (Lipinski definition) is 2. The van der Waals surface area contributed by atoms with Crippen LogP contribution >= 0.6 is 0 Å². The van der Waals surface area contributed by atoms with E-state index in [0.717, 1.165) is 12.1 Å². The molecule has 0 atom stereocenters. The van der Waals surface area contributed by atoms with Crippen molar-refractivity contribution in [2.45, 2.75) is 16.2 Å². The average molecular weight is 308 g/mol. The lowest BCUT2D eigenvalue weighted by atomic mass is 10.4. The largest absolute Gasteiger partial charge is 0.385 e. The molecule has 108 valence electrons. The lowest BCUT2D eigenvalue weighted by Gasteiger charge is -2.07. The minimum absolute atomic E-state index is 0.0164. The highest BCUT2D eigenvalue weighted by Crippen LogP contribution is 2.13. The van der Waals surface area contributed by atoms with E-state index >= 15 is 0 Å². The van der Waals surface area contributed by atoms with Crippen molar-refractivity contribution in [3.8, 4) is 0 Å². The molecule has 19 heavy (non-hydrogen) atoms. The summed E-state index contributed by atoms with van der Waals surface area (Å²) in [4.78, 5) is -0.150. The average Bonchev–Trinajstić information content (AvgIpc) is 2.34. The predicted octanol–water partition coefficient (Wildman–Crippen LogP) is -0.351. The standard InChI is InChI=1S/C10H16N2O5S2/c1-17-8-2-7-12-19(15,16)10-5-3-9(4-6-10)18(11,13)14/h3-6,12H,2,7-8H2,1H3,(H2,11,13,14). The van der Waals surface area contributed by atoms with Gasteiger partial charge in [0.25, 0.3) is 0 Å². The van der Waals surface area contributed by atoms with Crippen LogP contribution in [0.1, 0.15) is 6.42 Å². The van der Waals surface area contributed by atoms with Crippen LogP contribution < -0.4 is 9.86 Å². The van der Waals surface area contributed by atoms with Gasteiger partial charge in [0.2, 0.25) is 20.0 Å². The third-order valence-electron chi connectivity index (χ3n) is 2.28. The summed E-state index contributed by atoms with van der Waals surface area (Å²) in [6, 6.07) is 4.69. The van der Waals surface area contributed by atoms with Gasteiger partial charge < -0.3 is 4.74 Å². The van der Waals surface area contributed by atoms with Gasteiger partial charge >= 0.3 is 0 Å². The van der Waals surface area contributed by atoms with Gasteiger partial charge in [0, 0.05) is 20.3 Å². The molecule has 0 unspecified atom stereocenters. The van der Waals surface area contributed by atoms with Crippen LogP contribution in [0.15, 0.2) is 34.1 Å². The van der Waals surface area contributed by atoms with Crippen molar-refractivity contribution in [3.05, 3.63) is 24.3 Å². The van der Waals surface area contributed by atoms with E-state index < -0.39 is 20.0 Å². The zero-order chi connectivity index (χ0) is 14.5. The Kier molecular flexibility index (Phi) is 5.44. The molecule has 0 bridgehead atoms. The highest BCUT2D eigenvalue weighted by atomic mass is 32.2. The Hall–Kier alpha value is -1.00. The summed E-state index contributed by atoms with van der Waals surface area (Å²) in [5.74, 6) is 0. The van der Waals surface area contributed by atoms with Gasteiger partial charge in [-0.3, -0.25) is 0 Å². The first kappa shape index (κ1) is 16.1. The number of benzene rings is 1. The Morgan fingerprint density at radius 2 is 1.63 bits per heavy atom. The smallest absolute Gasteiger partial charge is 0.240 e. The van der Waals surface area contributed by atoms with Crippen molar-refractivity contribution in [1.29, 1.82) is 0 Å². The normalized spacial score (nSPS) is 12.5. The summed E-state index contributed by atoms with van der Waals surface area (Å²) in [6.07, 6.45) is 0.547. The number of hydrogen-bond acceptors (Lipinski definition) is 5. The third-order valence-corrected chi connectivity index (χ3v) is 4.69.